The third kappa shape index (κ3) is 2.73. The van der Waals surface area contributed by atoms with E-state index in [2.05, 4.69) is 0 Å². The topological polar surface area (TPSA) is 35.0 Å². The maximum absolute atomic E-state index is 5.50. The van der Waals surface area contributed by atoms with Crippen molar-refractivity contribution in [2.75, 3.05) is 0 Å². The molecule has 0 saturated heterocycles. The Morgan fingerprint density at radius 1 is 0.708 bits per heavy atom. The monoisotopic (exact) mass is 424 g/mol. The lowest BCUT2D eigenvalue weighted by atomic mass is 10.0. The van der Waals surface area contributed by atoms with Crippen LogP contribution in [0.1, 0.15) is 0 Å². The molecule has 0 aliphatic heterocycles. The maximum Gasteiger partial charge on any atom is 0.192 e. The normalized spacial score (nSPS) is 10.7. The Bertz CT molecular complexity index is 1000. The Labute approximate surface area is 154 Å². The Morgan fingerprint density at radius 2 is 1.42 bits per heavy atom. The molecule has 0 N–H and O–H groups in total. The average molecular weight is 424 g/mol. The maximum atomic E-state index is 5.50. The third-order valence-electron chi connectivity index (χ3n) is 3.86. The van der Waals surface area contributed by atoms with E-state index in [0.717, 1.165) is 33.5 Å². The average Bonchev–Trinajstić information content (AvgIpc) is 2.68. The highest BCUT2D eigenvalue weighted by atomic mass is 127. The van der Waals surface area contributed by atoms with Crippen LogP contribution in [0, 0.1) is 0 Å². The summed E-state index contributed by atoms with van der Waals surface area (Å²) in [5.41, 5.74) is 3.76. The molecule has 0 fully saturated rings. The highest BCUT2D eigenvalue weighted by Gasteiger charge is 2.14. The van der Waals surface area contributed by atoms with E-state index < -0.39 is 0 Å². The van der Waals surface area contributed by atoms with Crippen molar-refractivity contribution in [3.8, 4) is 28.4 Å². The van der Waals surface area contributed by atoms with E-state index in [4.69, 9.17) is 13.0 Å². The summed E-state index contributed by atoms with van der Waals surface area (Å²) in [6, 6.07) is 26.0. The predicted molar refractivity (Wildman–Crippen MR) is 105 cm³/mol. The van der Waals surface area contributed by atoms with Crippen molar-refractivity contribution in [2.45, 2.75) is 0 Å². The summed E-state index contributed by atoms with van der Waals surface area (Å²) in [7, 11) is 0. The van der Waals surface area contributed by atoms with Crippen molar-refractivity contribution >= 4 is 33.9 Å². The van der Waals surface area contributed by atoms with Crippen LogP contribution in [0.3, 0.4) is 0 Å². The molecule has 0 spiro atoms. The molecule has 0 bridgehead atoms. The van der Waals surface area contributed by atoms with Crippen molar-refractivity contribution in [2.24, 2.45) is 0 Å². The smallest absolute Gasteiger partial charge is 0.192 e. The third-order valence-corrected chi connectivity index (χ3v) is 4.33. The quantitative estimate of drug-likeness (QED) is 0.396. The van der Waals surface area contributed by atoms with Gasteiger partial charge in [-0.1, -0.05) is 60.7 Å². The molecule has 0 aliphatic rings. The van der Waals surface area contributed by atoms with Crippen molar-refractivity contribution in [3.63, 3.8) is 0 Å². The minimum atomic E-state index is 0.715. The van der Waals surface area contributed by atoms with Gasteiger partial charge in [0.25, 0.3) is 0 Å². The molecule has 0 aliphatic carbocycles. The fourth-order valence-corrected chi connectivity index (χ4v) is 3.11. The largest absolute Gasteiger partial charge is 0.427 e. The molecule has 0 amide bonds. The summed E-state index contributed by atoms with van der Waals surface area (Å²) in [4.78, 5) is 9.59. The highest BCUT2D eigenvalue weighted by molar-refractivity contribution is 14.1. The molecule has 4 heteroatoms. The van der Waals surface area contributed by atoms with Gasteiger partial charge in [-0.25, -0.2) is 9.97 Å². The number of aromatic nitrogens is 2. The first-order chi connectivity index (χ1) is 11.9. The first-order valence-corrected chi connectivity index (χ1v) is 8.45. The molecule has 0 atom stereocenters. The summed E-state index contributed by atoms with van der Waals surface area (Å²) < 4.78 is 5.50. The molecule has 4 rings (SSSR count). The van der Waals surface area contributed by atoms with Gasteiger partial charge in [-0.05, 0) is 18.2 Å². The van der Waals surface area contributed by atoms with Crippen LogP contribution in [0.2, 0.25) is 0 Å². The lowest BCUT2D eigenvalue weighted by Crippen LogP contribution is -1.95. The van der Waals surface area contributed by atoms with Crippen LogP contribution in [-0.2, 0) is 0 Å². The molecule has 1 heterocycles. The minimum Gasteiger partial charge on any atom is -0.427 e. The van der Waals surface area contributed by atoms with Crippen LogP contribution >= 0.6 is 23.0 Å². The van der Waals surface area contributed by atoms with E-state index in [9.17, 15) is 0 Å². The summed E-state index contributed by atoms with van der Waals surface area (Å²) in [6.45, 7) is 0. The Kier molecular flexibility index (Phi) is 4.13. The first kappa shape index (κ1) is 15.1. The second-order valence-electron chi connectivity index (χ2n) is 5.35. The molecule has 4 aromatic rings. The van der Waals surface area contributed by atoms with Gasteiger partial charge in [-0.2, -0.15) is 0 Å². The molecule has 116 valence electrons. The number of nitrogens with zero attached hydrogens (tertiary/aromatic N) is 2. The zero-order chi connectivity index (χ0) is 16.4. The van der Waals surface area contributed by atoms with Crippen molar-refractivity contribution in [1.29, 1.82) is 0 Å². The second-order valence-corrected chi connectivity index (χ2v) is 5.79. The summed E-state index contributed by atoms with van der Waals surface area (Å²) in [5, 5.41) is 1.01. The SMILES string of the molecule is IOc1ccccc1-c1nc(-c2ccccc2)nc2ccccc12. The molecule has 24 heavy (non-hydrogen) atoms. The number of fused-ring (bicyclic) bond motifs is 1. The Hall–Kier alpha value is -2.47. The number of rotatable bonds is 3. The number of hydrogen-bond acceptors (Lipinski definition) is 3. The van der Waals surface area contributed by atoms with E-state index in [-0.39, 0.29) is 0 Å². The van der Waals surface area contributed by atoms with Crippen LogP contribution in [0.25, 0.3) is 33.5 Å². The molecule has 3 nitrogen and oxygen atoms in total. The van der Waals surface area contributed by atoms with Gasteiger partial charge in [-0.15, -0.1) is 0 Å². The first-order valence-electron chi connectivity index (χ1n) is 7.57. The second kappa shape index (κ2) is 6.57. The molecule has 0 radical (unpaired) electrons. The highest BCUT2D eigenvalue weighted by Crippen LogP contribution is 2.35. The number of halogens is 1. The van der Waals surface area contributed by atoms with Gasteiger partial charge in [0.1, 0.15) is 5.75 Å². The Morgan fingerprint density at radius 3 is 2.25 bits per heavy atom. The molecule has 0 saturated carbocycles. The van der Waals surface area contributed by atoms with Gasteiger partial charge in [0.15, 0.2) is 28.8 Å². The lowest BCUT2D eigenvalue weighted by molar-refractivity contribution is 0.719. The van der Waals surface area contributed by atoms with Crippen LogP contribution in [0.5, 0.6) is 5.75 Å². The molecular formula is C20H13IN2O. The summed E-state index contributed by atoms with van der Waals surface area (Å²) in [5.74, 6) is 1.51. The Balaban J connectivity index is 2.03. The zero-order valence-corrected chi connectivity index (χ0v) is 14.8. The predicted octanol–water partition coefficient (Wildman–Crippen LogP) is 5.69. The van der Waals surface area contributed by atoms with Crippen molar-refractivity contribution < 1.29 is 3.07 Å². The number of benzene rings is 3. The zero-order valence-electron chi connectivity index (χ0n) is 12.7. The standard InChI is InChI=1S/C20H13IN2O/c21-24-18-13-7-5-11-16(18)19-15-10-4-6-12-17(15)22-20(23-19)14-8-2-1-3-9-14/h1-13H. The van der Waals surface area contributed by atoms with Crippen LogP contribution in [0.4, 0.5) is 0 Å². The van der Waals surface area contributed by atoms with Crippen molar-refractivity contribution in [1.82, 2.24) is 9.97 Å². The van der Waals surface area contributed by atoms with E-state index in [0.29, 0.717) is 5.82 Å². The van der Waals surface area contributed by atoms with Gasteiger partial charge in [0.05, 0.1) is 11.2 Å². The van der Waals surface area contributed by atoms with Crippen LogP contribution < -0.4 is 3.07 Å². The molecular weight excluding hydrogens is 411 g/mol. The van der Waals surface area contributed by atoms with E-state index in [1.54, 1.807) is 0 Å². The fraction of sp³-hybridized carbons (Fsp3) is 0. The van der Waals surface area contributed by atoms with Crippen molar-refractivity contribution in [3.05, 3.63) is 78.9 Å². The van der Waals surface area contributed by atoms with Gasteiger partial charge < -0.3 is 3.07 Å². The van der Waals surface area contributed by atoms with Gasteiger partial charge in [0.2, 0.25) is 0 Å². The molecule has 3 aromatic carbocycles. The van der Waals surface area contributed by atoms with Gasteiger partial charge in [-0.3, -0.25) is 0 Å². The van der Waals surface area contributed by atoms with Crippen LogP contribution in [0.15, 0.2) is 78.9 Å². The van der Waals surface area contributed by atoms with E-state index in [1.165, 1.54) is 0 Å². The summed E-state index contributed by atoms with van der Waals surface area (Å²) >= 11 is 1.91. The fourth-order valence-electron chi connectivity index (χ4n) is 2.73. The van der Waals surface area contributed by atoms with Crippen LogP contribution in [-0.4, -0.2) is 9.97 Å². The summed E-state index contributed by atoms with van der Waals surface area (Å²) in [6.07, 6.45) is 0. The number of para-hydroxylation sites is 2. The van der Waals surface area contributed by atoms with Gasteiger partial charge in [0, 0.05) is 16.5 Å². The lowest BCUT2D eigenvalue weighted by Gasteiger charge is -2.11. The molecule has 0 unspecified atom stereocenters. The molecule has 1 aromatic heterocycles. The van der Waals surface area contributed by atoms with Gasteiger partial charge >= 0.3 is 0 Å². The van der Waals surface area contributed by atoms with E-state index in [1.807, 2.05) is 102 Å². The minimum absolute atomic E-state index is 0.715. The number of hydrogen-bond donors (Lipinski definition) is 0. The van der Waals surface area contributed by atoms with E-state index >= 15 is 0 Å².